The van der Waals surface area contributed by atoms with E-state index < -0.39 is 12.0 Å². The molecule has 3 heteroatoms. The monoisotopic (exact) mass is 263 g/mol. The molecule has 106 valence electrons. The fourth-order valence-electron chi connectivity index (χ4n) is 2.33. The van der Waals surface area contributed by atoms with Crippen LogP contribution in [0.4, 0.5) is 0 Å². The molecule has 1 rings (SSSR count). The molecule has 0 aliphatic rings. The molecule has 0 fully saturated rings. The van der Waals surface area contributed by atoms with E-state index in [0.717, 1.165) is 12.0 Å². The van der Waals surface area contributed by atoms with Gasteiger partial charge in [0.15, 0.2) is 0 Å². The Morgan fingerprint density at radius 1 is 1.21 bits per heavy atom. The van der Waals surface area contributed by atoms with Gasteiger partial charge in [0.1, 0.15) is 6.04 Å². The van der Waals surface area contributed by atoms with Gasteiger partial charge < -0.3 is 5.11 Å². The Kier molecular flexibility index (Phi) is 6.03. The molecule has 0 spiro atoms. The highest BCUT2D eigenvalue weighted by molar-refractivity contribution is 5.73. The fourth-order valence-corrected chi connectivity index (χ4v) is 2.33. The average molecular weight is 263 g/mol. The van der Waals surface area contributed by atoms with Crippen LogP contribution in [0.5, 0.6) is 0 Å². The van der Waals surface area contributed by atoms with Crippen LogP contribution in [0.3, 0.4) is 0 Å². The molecule has 0 saturated carbocycles. The number of benzene rings is 1. The van der Waals surface area contributed by atoms with Crippen LogP contribution in [0.2, 0.25) is 0 Å². The first kappa shape index (κ1) is 15.7. The van der Waals surface area contributed by atoms with Gasteiger partial charge in [-0.05, 0) is 36.9 Å². The van der Waals surface area contributed by atoms with E-state index in [1.54, 1.807) is 0 Å². The highest BCUT2D eigenvalue weighted by Crippen LogP contribution is 2.13. The van der Waals surface area contributed by atoms with Crippen LogP contribution in [0.15, 0.2) is 24.3 Å². The van der Waals surface area contributed by atoms with Crippen LogP contribution in [-0.4, -0.2) is 29.1 Å². The summed E-state index contributed by atoms with van der Waals surface area (Å²) in [5.41, 5.74) is 2.50. The molecule has 1 aromatic carbocycles. The SMILES string of the molecule is CCC(C(=O)O)N(C)Cc1ccc(CC(C)C)cc1. The summed E-state index contributed by atoms with van der Waals surface area (Å²) in [6.45, 7) is 6.99. The maximum Gasteiger partial charge on any atom is 0.320 e. The fraction of sp³-hybridized carbons (Fsp3) is 0.562. The second-order valence-corrected chi connectivity index (χ2v) is 5.59. The quantitative estimate of drug-likeness (QED) is 0.821. The lowest BCUT2D eigenvalue weighted by atomic mass is 10.0. The van der Waals surface area contributed by atoms with E-state index in [0.29, 0.717) is 18.9 Å². The van der Waals surface area contributed by atoms with E-state index in [2.05, 4.69) is 38.1 Å². The van der Waals surface area contributed by atoms with Crippen LogP contribution >= 0.6 is 0 Å². The van der Waals surface area contributed by atoms with Crippen LogP contribution < -0.4 is 0 Å². The Labute approximate surface area is 116 Å². The normalized spacial score (nSPS) is 12.9. The predicted molar refractivity (Wildman–Crippen MR) is 78.2 cm³/mol. The van der Waals surface area contributed by atoms with Crippen molar-refractivity contribution in [2.24, 2.45) is 5.92 Å². The van der Waals surface area contributed by atoms with Crippen molar-refractivity contribution in [3.8, 4) is 0 Å². The summed E-state index contributed by atoms with van der Waals surface area (Å²) in [5.74, 6) is -0.0913. The zero-order chi connectivity index (χ0) is 14.4. The van der Waals surface area contributed by atoms with Crippen molar-refractivity contribution < 1.29 is 9.90 Å². The van der Waals surface area contributed by atoms with Crippen molar-refractivity contribution in [2.45, 2.75) is 46.2 Å². The predicted octanol–water partition coefficient (Wildman–Crippen LogP) is 3.18. The van der Waals surface area contributed by atoms with E-state index in [-0.39, 0.29) is 0 Å². The van der Waals surface area contributed by atoms with Gasteiger partial charge in [-0.3, -0.25) is 9.69 Å². The number of rotatable bonds is 7. The Balaban J connectivity index is 2.64. The zero-order valence-electron chi connectivity index (χ0n) is 12.4. The summed E-state index contributed by atoms with van der Waals surface area (Å²) in [5, 5.41) is 9.12. The molecule has 1 aromatic rings. The molecular weight excluding hydrogens is 238 g/mol. The van der Waals surface area contributed by atoms with Crippen molar-refractivity contribution in [3.63, 3.8) is 0 Å². The minimum absolute atomic E-state index is 0.407. The van der Waals surface area contributed by atoms with Gasteiger partial charge in [0.2, 0.25) is 0 Å². The van der Waals surface area contributed by atoms with Gasteiger partial charge in [-0.2, -0.15) is 0 Å². The van der Waals surface area contributed by atoms with Crippen molar-refractivity contribution >= 4 is 5.97 Å². The van der Waals surface area contributed by atoms with Crippen molar-refractivity contribution in [1.29, 1.82) is 0 Å². The first-order valence-electron chi connectivity index (χ1n) is 6.94. The van der Waals surface area contributed by atoms with Crippen molar-refractivity contribution in [1.82, 2.24) is 4.90 Å². The van der Waals surface area contributed by atoms with E-state index in [1.165, 1.54) is 5.56 Å². The smallest absolute Gasteiger partial charge is 0.320 e. The van der Waals surface area contributed by atoms with Crippen LogP contribution in [0.1, 0.15) is 38.3 Å². The molecule has 0 bridgehead atoms. The maximum atomic E-state index is 11.1. The number of nitrogens with zero attached hydrogens (tertiary/aromatic N) is 1. The minimum atomic E-state index is -0.749. The van der Waals surface area contributed by atoms with Gasteiger partial charge >= 0.3 is 5.97 Å². The van der Waals surface area contributed by atoms with E-state index >= 15 is 0 Å². The Bertz CT molecular complexity index is 398. The molecule has 0 amide bonds. The van der Waals surface area contributed by atoms with E-state index in [1.807, 2.05) is 18.9 Å². The Morgan fingerprint density at radius 2 is 1.74 bits per heavy atom. The Morgan fingerprint density at radius 3 is 2.16 bits per heavy atom. The molecule has 1 unspecified atom stereocenters. The van der Waals surface area contributed by atoms with Gasteiger partial charge in [-0.25, -0.2) is 0 Å². The second-order valence-electron chi connectivity index (χ2n) is 5.59. The van der Waals surface area contributed by atoms with E-state index in [9.17, 15) is 4.79 Å². The molecule has 0 heterocycles. The van der Waals surface area contributed by atoms with Crippen molar-refractivity contribution in [3.05, 3.63) is 35.4 Å². The number of hydrogen-bond donors (Lipinski definition) is 1. The first-order valence-corrected chi connectivity index (χ1v) is 6.94. The molecule has 1 N–H and O–H groups in total. The minimum Gasteiger partial charge on any atom is -0.480 e. The van der Waals surface area contributed by atoms with Gasteiger partial charge in [-0.15, -0.1) is 0 Å². The van der Waals surface area contributed by atoms with Gasteiger partial charge in [-0.1, -0.05) is 45.0 Å². The zero-order valence-corrected chi connectivity index (χ0v) is 12.4. The topological polar surface area (TPSA) is 40.5 Å². The Hall–Kier alpha value is -1.35. The molecule has 0 saturated heterocycles. The van der Waals surface area contributed by atoms with Gasteiger partial charge in [0, 0.05) is 6.54 Å². The van der Waals surface area contributed by atoms with Crippen LogP contribution in [-0.2, 0) is 17.8 Å². The molecule has 1 atom stereocenters. The molecular formula is C16H25NO2. The molecule has 0 aliphatic carbocycles. The number of carboxylic acid groups (broad SMARTS) is 1. The number of carboxylic acids is 1. The van der Waals surface area contributed by atoms with Crippen LogP contribution in [0.25, 0.3) is 0 Å². The standard InChI is InChI=1S/C16H25NO2/c1-5-15(16(18)19)17(4)11-14-8-6-13(7-9-14)10-12(2)3/h6-9,12,15H,5,10-11H2,1-4H3,(H,18,19). The van der Waals surface area contributed by atoms with Crippen molar-refractivity contribution in [2.75, 3.05) is 7.05 Å². The highest BCUT2D eigenvalue weighted by Gasteiger charge is 2.20. The molecule has 0 aliphatic heterocycles. The summed E-state index contributed by atoms with van der Waals surface area (Å²) in [6.07, 6.45) is 1.71. The third kappa shape index (κ3) is 5.03. The largest absolute Gasteiger partial charge is 0.480 e. The molecule has 19 heavy (non-hydrogen) atoms. The highest BCUT2D eigenvalue weighted by atomic mass is 16.4. The molecule has 0 aromatic heterocycles. The summed E-state index contributed by atoms with van der Waals surface area (Å²) in [6, 6.07) is 8.08. The lowest BCUT2D eigenvalue weighted by Gasteiger charge is -2.23. The summed E-state index contributed by atoms with van der Waals surface area (Å²) < 4.78 is 0. The first-order chi connectivity index (χ1) is 8.93. The average Bonchev–Trinajstić information content (AvgIpc) is 2.31. The second kappa shape index (κ2) is 7.29. The van der Waals surface area contributed by atoms with Gasteiger partial charge in [0.25, 0.3) is 0 Å². The number of likely N-dealkylation sites (N-methyl/N-ethyl adjacent to an activating group) is 1. The van der Waals surface area contributed by atoms with Gasteiger partial charge in [0.05, 0.1) is 0 Å². The van der Waals surface area contributed by atoms with Crippen LogP contribution in [0, 0.1) is 5.92 Å². The number of carbonyl (C=O) groups is 1. The lowest BCUT2D eigenvalue weighted by Crippen LogP contribution is -2.37. The molecule has 3 nitrogen and oxygen atoms in total. The van der Waals surface area contributed by atoms with E-state index in [4.69, 9.17) is 5.11 Å². The number of hydrogen-bond acceptors (Lipinski definition) is 2. The third-order valence-electron chi connectivity index (χ3n) is 3.30. The summed E-state index contributed by atoms with van der Waals surface area (Å²) >= 11 is 0. The summed E-state index contributed by atoms with van der Waals surface area (Å²) in [7, 11) is 1.87. The maximum absolute atomic E-state index is 11.1. The third-order valence-corrected chi connectivity index (χ3v) is 3.30. The lowest BCUT2D eigenvalue weighted by molar-refractivity contribution is -0.143. The molecule has 0 radical (unpaired) electrons. The summed E-state index contributed by atoms with van der Waals surface area (Å²) in [4.78, 5) is 13.0. The number of aliphatic carboxylic acids is 1.